The fraction of sp³-hybridized carbons (Fsp3) is 0.222. The first-order valence-corrected chi connectivity index (χ1v) is 4.09. The van der Waals surface area contributed by atoms with Crippen molar-refractivity contribution < 1.29 is 4.79 Å². The van der Waals surface area contributed by atoms with Crippen LogP contribution in [0.2, 0.25) is 0 Å². The molecule has 1 rings (SSSR count). The number of hydrogen-bond acceptors (Lipinski definition) is 1. The number of halogens is 1. The lowest BCUT2D eigenvalue weighted by atomic mass is 10.1. The van der Waals surface area contributed by atoms with Crippen LogP contribution in [0.25, 0.3) is 0 Å². The standard InChI is InChI=1S/C9H10ClNO/c1-7(11-9(10)12)8-5-3-2-4-6-8/h2-7H,1H3,(H,11,12)/t7-/m0/s1. The number of benzene rings is 1. The molecule has 0 aliphatic rings. The molecule has 0 aromatic heterocycles. The van der Waals surface area contributed by atoms with Crippen molar-refractivity contribution in [1.29, 1.82) is 0 Å². The third kappa shape index (κ3) is 2.55. The van der Waals surface area contributed by atoms with Gasteiger partial charge in [0.2, 0.25) is 0 Å². The van der Waals surface area contributed by atoms with Crippen LogP contribution in [-0.2, 0) is 0 Å². The molecule has 1 N–H and O–H groups in total. The van der Waals surface area contributed by atoms with Gasteiger partial charge in [0.15, 0.2) is 0 Å². The maximum absolute atomic E-state index is 10.5. The second-order valence-electron chi connectivity index (χ2n) is 2.55. The second-order valence-corrected chi connectivity index (χ2v) is 2.89. The van der Waals surface area contributed by atoms with Crippen LogP contribution in [-0.4, -0.2) is 5.37 Å². The molecule has 0 fully saturated rings. The summed E-state index contributed by atoms with van der Waals surface area (Å²) in [5.41, 5.74) is 1.05. The van der Waals surface area contributed by atoms with Crippen molar-refractivity contribution in [3.8, 4) is 0 Å². The smallest absolute Gasteiger partial charge is 0.314 e. The van der Waals surface area contributed by atoms with E-state index in [9.17, 15) is 4.79 Å². The first-order valence-electron chi connectivity index (χ1n) is 3.71. The van der Waals surface area contributed by atoms with Gasteiger partial charge in [0.1, 0.15) is 0 Å². The molecule has 0 radical (unpaired) electrons. The van der Waals surface area contributed by atoms with Gasteiger partial charge in [0, 0.05) is 0 Å². The molecular weight excluding hydrogens is 174 g/mol. The number of carbonyl (C=O) groups is 1. The van der Waals surface area contributed by atoms with Crippen LogP contribution in [0.1, 0.15) is 18.5 Å². The largest absolute Gasteiger partial charge is 0.336 e. The second kappa shape index (κ2) is 4.12. The Bertz CT molecular complexity index is 260. The number of amides is 1. The molecule has 64 valence electrons. The summed E-state index contributed by atoms with van der Waals surface area (Å²) in [6.07, 6.45) is 0. The van der Waals surface area contributed by atoms with E-state index < -0.39 is 5.37 Å². The lowest BCUT2D eigenvalue weighted by Crippen LogP contribution is -2.20. The van der Waals surface area contributed by atoms with Crippen molar-refractivity contribution in [1.82, 2.24) is 5.32 Å². The molecule has 1 aromatic carbocycles. The summed E-state index contributed by atoms with van der Waals surface area (Å²) in [4.78, 5) is 10.5. The minimum atomic E-state index is -0.522. The third-order valence-corrected chi connectivity index (χ3v) is 1.74. The summed E-state index contributed by atoms with van der Waals surface area (Å²) in [5.74, 6) is 0. The molecule has 0 saturated heterocycles. The molecule has 0 bridgehead atoms. The highest BCUT2D eigenvalue weighted by Crippen LogP contribution is 2.10. The van der Waals surface area contributed by atoms with Crippen LogP contribution in [0.5, 0.6) is 0 Å². The van der Waals surface area contributed by atoms with Gasteiger partial charge in [-0.3, -0.25) is 4.79 Å². The van der Waals surface area contributed by atoms with E-state index in [-0.39, 0.29) is 6.04 Å². The van der Waals surface area contributed by atoms with Crippen LogP contribution in [0.15, 0.2) is 30.3 Å². The quantitative estimate of drug-likeness (QED) is 0.555. The predicted molar refractivity (Wildman–Crippen MR) is 49.2 cm³/mol. The van der Waals surface area contributed by atoms with Crippen molar-refractivity contribution >= 4 is 17.0 Å². The van der Waals surface area contributed by atoms with E-state index in [1.165, 1.54) is 0 Å². The van der Waals surface area contributed by atoms with Gasteiger partial charge in [-0.15, -0.1) is 0 Å². The molecule has 0 aliphatic heterocycles. The minimum Gasteiger partial charge on any atom is -0.336 e. The lowest BCUT2D eigenvalue weighted by Gasteiger charge is -2.10. The van der Waals surface area contributed by atoms with E-state index in [0.29, 0.717) is 0 Å². The summed E-state index contributed by atoms with van der Waals surface area (Å²) in [6, 6.07) is 9.63. The Balaban J connectivity index is 2.65. The summed E-state index contributed by atoms with van der Waals surface area (Å²) in [6.45, 7) is 1.88. The summed E-state index contributed by atoms with van der Waals surface area (Å²) in [5, 5.41) is 2.06. The Morgan fingerprint density at radius 2 is 2.00 bits per heavy atom. The summed E-state index contributed by atoms with van der Waals surface area (Å²) in [7, 11) is 0. The Morgan fingerprint density at radius 3 is 2.50 bits per heavy atom. The van der Waals surface area contributed by atoms with Crippen LogP contribution in [0, 0.1) is 0 Å². The molecule has 3 heteroatoms. The van der Waals surface area contributed by atoms with Gasteiger partial charge in [-0.25, -0.2) is 0 Å². The zero-order valence-electron chi connectivity index (χ0n) is 6.75. The Morgan fingerprint density at radius 1 is 1.42 bits per heavy atom. The average molecular weight is 184 g/mol. The molecule has 12 heavy (non-hydrogen) atoms. The van der Waals surface area contributed by atoms with E-state index in [0.717, 1.165) is 5.56 Å². The normalized spacial score (nSPS) is 12.2. The maximum Gasteiger partial charge on any atom is 0.314 e. The topological polar surface area (TPSA) is 29.1 Å². The number of rotatable bonds is 2. The zero-order chi connectivity index (χ0) is 8.97. The van der Waals surface area contributed by atoms with Crippen molar-refractivity contribution in [2.24, 2.45) is 0 Å². The van der Waals surface area contributed by atoms with Crippen LogP contribution in [0.3, 0.4) is 0 Å². The van der Waals surface area contributed by atoms with E-state index in [1.54, 1.807) is 0 Å². The number of hydrogen-bond donors (Lipinski definition) is 1. The van der Waals surface area contributed by atoms with Crippen molar-refractivity contribution in [2.75, 3.05) is 0 Å². The minimum absolute atomic E-state index is 0.0313. The maximum atomic E-state index is 10.5. The fourth-order valence-corrected chi connectivity index (χ4v) is 1.16. The number of nitrogens with one attached hydrogen (secondary N) is 1. The first kappa shape index (κ1) is 9.07. The SMILES string of the molecule is C[C@H](NC(=O)Cl)c1ccccc1. The van der Waals surface area contributed by atoms with Gasteiger partial charge in [0.05, 0.1) is 6.04 Å². The van der Waals surface area contributed by atoms with Crippen LogP contribution < -0.4 is 5.32 Å². The van der Waals surface area contributed by atoms with Gasteiger partial charge in [-0.1, -0.05) is 30.3 Å². The molecule has 2 nitrogen and oxygen atoms in total. The number of carbonyl (C=O) groups excluding carboxylic acids is 1. The van der Waals surface area contributed by atoms with Gasteiger partial charge in [-0.2, -0.15) is 0 Å². The lowest BCUT2D eigenvalue weighted by molar-refractivity contribution is 0.257. The average Bonchev–Trinajstić information content (AvgIpc) is 2.05. The Labute approximate surface area is 76.5 Å². The van der Waals surface area contributed by atoms with Gasteiger partial charge in [-0.05, 0) is 24.1 Å². The third-order valence-electron chi connectivity index (χ3n) is 1.63. The van der Waals surface area contributed by atoms with Gasteiger partial charge >= 0.3 is 5.37 Å². The molecule has 0 heterocycles. The monoisotopic (exact) mass is 183 g/mol. The molecular formula is C9H10ClNO. The highest BCUT2D eigenvalue weighted by molar-refractivity contribution is 6.62. The molecule has 0 unspecified atom stereocenters. The highest BCUT2D eigenvalue weighted by Gasteiger charge is 2.05. The fourth-order valence-electron chi connectivity index (χ4n) is 0.995. The van der Waals surface area contributed by atoms with Crippen molar-refractivity contribution in [2.45, 2.75) is 13.0 Å². The van der Waals surface area contributed by atoms with Crippen molar-refractivity contribution in [3.63, 3.8) is 0 Å². The first-order chi connectivity index (χ1) is 5.70. The molecule has 1 atom stereocenters. The van der Waals surface area contributed by atoms with E-state index >= 15 is 0 Å². The molecule has 0 aliphatic carbocycles. The van der Waals surface area contributed by atoms with Crippen LogP contribution in [0.4, 0.5) is 4.79 Å². The molecule has 1 aromatic rings. The van der Waals surface area contributed by atoms with E-state index in [2.05, 4.69) is 5.32 Å². The predicted octanol–water partition coefficient (Wildman–Crippen LogP) is 2.70. The zero-order valence-corrected chi connectivity index (χ0v) is 7.51. The molecule has 0 spiro atoms. The van der Waals surface area contributed by atoms with E-state index in [1.807, 2.05) is 37.3 Å². The van der Waals surface area contributed by atoms with Gasteiger partial charge in [0.25, 0.3) is 0 Å². The molecule has 1 amide bonds. The van der Waals surface area contributed by atoms with Gasteiger partial charge < -0.3 is 5.32 Å². The highest BCUT2D eigenvalue weighted by atomic mass is 35.5. The summed E-state index contributed by atoms with van der Waals surface area (Å²) >= 11 is 5.17. The Hall–Kier alpha value is -1.02. The van der Waals surface area contributed by atoms with Crippen molar-refractivity contribution in [3.05, 3.63) is 35.9 Å². The molecule has 0 saturated carbocycles. The summed E-state index contributed by atoms with van der Waals surface area (Å²) < 4.78 is 0. The van der Waals surface area contributed by atoms with Crippen LogP contribution >= 0.6 is 11.6 Å². The Kier molecular flexibility index (Phi) is 3.11. The van der Waals surface area contributed by atoms with E-state index in [4.69, 9.17) is 11.6 Å².